The second kappa shape index (κ2) is 8.17. The molecular formula is C13H22N2O2. The minimum Gasteiger partial charge on any atom is -0.389 e. The predicted octanol–water partition coefficient (Wildman–Crippen LogP) is 1.20. The van der Waals surface area contributed by atoms with E-state index in [9.17, 15) is 5.11 Å². The highest BCUT2D eigenvalue weighted by Crippen LogP contribution is 1.96. The van der Waals surface area contributed by atoms with Crippen LogP contribution in [0.4, 0.5) is 0 Å². The summed E-state index contributed by atoms with van der Waals surface area (Å²) in [5.74, 6) is 0.505. The molecule has 4 nitrogen and oxygen atoms in total. The summed E-state index contributed by atoms with van der Waals surface area (Å²) in [4.78, 5) is 4.02. The highest BCUT2D eigenvalue weighted by atomic mass is 16.5. The van der Waals surface area contributed by atoms with E-state index in [2.05, 4.69) is 24.1 Å². The lowest BCUT2D eigenvalue weighted by Gasteiger charge is -2.13. The van der Waals surface area contributed by atoms with Gasteiger partial charge in [-0.3, -0.25) is 4.98 Å². The molecule has 0 fully saturated rings. The number of ether oxygens (including phenoxy) is 1. The Hall–Kier alpha value is -0.970. The Balaban J connectivity index is 2.06. The minimum absolute atomic E-state index is 0.387. The van der Waals surface area contributed by atoms with Crippen molar-refractivity contribution in [3.05, 3.63) is 30.1 Å². The molecule has 1 unspecified atom stereocenters. The Morgan fingerprint density at radius 2 is 2.24 bits per heavy atom. The molecule has 96 valence electrons. The molecule has 1 rings (SSSR count). The van der Waals surface area contributed by atoms with Gasteiger partial charge in [-0.25, -0.2) is 0 Å². The lowest BCUT2D eigenvalue weighted by atomic mass is 10.2. The first-order chi connectivity index (χ1) is 8.18. The first kappa shape index (κ1) is 14.1. The number of aromatic nitrogens is 1. The molecular weight excluding hydrogens is 216 g/mol. The lowest BCUT2D eigenvalue weighted by molar-refractivity contribution is 0.0260. The molecule has 0 spiro atoms. The molecule has 0 aliphatic carbocycles. The second-order valence-corrected chi connectivity index (χ2v) is 4.58. The van der Waals surface area contributed by atoms with Gasteiger partial charge in [-0.15, -0.1) is 0 Å². The fraction of sp³-hybridized carbons (Fsp3) is 0.615. The van der Waals surface area contributed by atoms with Gasteiger partial charge < -0.3 is 15.2 Å². The maximum Gasteiger partial charge on any atom is 0.0897 e. The Morgan fingerprint density at radius 1 is 1.41 bits per heavy atom. The quantitative estimate of drug-likeness (QED) is 0.714. The van der Waals surface area contributed by atoms with Crippen molar-refractivity contribution in [2.24, 2.45) is 5.92 Å². The van der Waals surface area contributed by atoms with Gasteiger partial charge in [0.05, 0.1) is 12.7 Å². The van der Waals surface area contributed by atoms with Gasteiger partial charge >= 0.3 is 0 Å². The average Bonchev–Trinajstić information content (AvgIpc) is 2.30. The van der Waals surface area contributed by atoms with Crippen molar-refractivity contribution in [1.82, 2.24) is 10.3 Å². The van der Waals surface area contributed by atoms with E-state index in [0.717, 1.165) is 12.1 Å². The van der Waals surface area contributed by atoms with Crippen LogP contribution in [0, 0.1) is 5.92 Å². The molecule has 1 aromatic rings. The number of aliphatic hydroxyl groups excluding tert-OH is 1. The molecule has 1 heterocycles. The summed E-state index contributed by atoms with van der Waals surface area (Å²) in [6.07, 6.45) is 3.11. The summed E-state index contributed by atoms with van der Waals surface area (Å²) in [5, 5.41) is 12.8. The van der Waals surface area contributed by atoms with Crippen molar-refractivity contribution in [2.75, 3.05) is 19.8 Å². The Morgan fingerprint density at radius 3 is 2.88 bits per heavy atom. The van der Waals surface area contributed by atoms with Gasteiger partial charge in [-0.05, 0) is 17.5 Å². The van der Waals surface area contributed by atoms with Crippen LogP contribution in [0.1, 0.15) is 19.4 Å². The zero-order valence-electron chi connectivity index (χ0n) is 10.6. The monoisotopic (exact) mass is 238 g/mol. The van der Waals surface area contributed by atoms with E-state index in [1.807, 2.05) is 18.3 Å². The molecule has 1 atom stereocenters. The number of pyridine rings is 1. The minimum atomic E-state index is -0.453. The van der Waals surface area contributed by atoms with Gasteiger partial charge in [0.15, 0.2) is 0 Å². The number of rotatable bonds is 8. The topological polar surface area (TPSA) is 54.4 Å². The lowest BCUT2D eigenvalue weighted by Crippen LogP contribution is -2.30. The predicted molar refractivity (Wildman–Crippen MR) is 67.6 cm³/mol. The molecule has 0 aliphatic rings. The second-order valence-electron chi connectivity index (χ2n) is 4.58. The van der Waals surface area contributed by atoms with Crippen LogP contribution in [0.2, 0.25) is 0 Å². The molecule has 1 aromatic heterocycles. The normalized spacial score (nSPS) is 12.9. The third kappa shape index (κ3) is 7.05. The van der Waals surface area contributed by atoms with Gasteiger partial charge in [-0.2, -0.15) is 0 Å². The Labute approximate surface area is 103 Å². The molecule has 0 bridgehead atoms. The van der Waals surface area contributed by atoms with Crippen molar-refractivity contribution < 1.29 is 9.84 Å². The molecule has 2 N–H and O–H groups in total. The average molecular weight is 238 g/mol. The fourth-order valence-corrected chi connectivity index (χ4v) is 1.38. The van der Waals surface area contributed by atoms with Crippen LogP contribution in [-0.4, -0.2) is 36.0 Å². The largest absolute Gasteiger partial charge is 0.389 e. The number of nitrogens with one attached hydrogen (secondary N) is 1. The highest BCUT2D eigenvalue weighted by molar-refractivity contribution is 5.07. The molecule has 0 saturated carbocycles. The fourth-order valence-electron chi connectivity index (χ4n) is 1.38. The van der Waals surface area contributed by atoms with Crippen LogP contribution < -0.4 is 5.32 Å². The summed E-state index contributed by atoms with van der Waals surface area (Å²) in [7, 11) is 0. The summed E-state index contributed by atoms with van der Waals surface area (Å²) >= 11 is 0. The molecule has 0 radical (unpaired) electrons. The van der Waals surface area contributed by atoms with Crippen LogP contribution >= 0.6 is 0 Å². The van der Waals surface area contributed by atoms with Gasteiger partial charge in [0, 0.05) is 32.1 Å². The van der Waals surface area contributed by atoms with E-state index in [0.29, 0.717) is 25.7 Å². The highest BCUT2D eigenvalue weighted by Gasteiger charge is 2.04. The molecule has 0 amide bonds. The number of aliphatic hydroxyl groups is 1. The van der Waals surface area contributed by atoms with E-state index in [1.54, 1.807) is 6.20 Å². The van der Waals surface area contributed by atoms with E-state index >= 15 is 0 Å². The zero-order chi connectivity index (χ0) is 12.5. The zero-order valence-corrected chi connectivity index (χ0v) is 10.6. The maximum absolute atomic E-state index is 9.64. The summed E-state index contributed by atoms with van der Waals surface area (Å²) in [6, 6.07) is 3.90. The van der Waals surface area contributed by atoms with E-state index in [1.165, 1.54) is 0 Å². The summed E-state index contributed by atoms with van der Waals surface area (Å²) in [6.45, 7) is 6.51. The van der Waals surface area contributed by atoms with Crippen molar-refractivity contribution in [3.63, 3.8) is 0 Å². The molecule has 0 aromatic carbocycles. The van der Waals surface area contributed by atoms with Crippen molar-refractivity contribution >= 4 is 0 Å². The first-order valence-corrected chi connectivity index (χ1v) is 6.04. The summed E-state index contributed by atoms with van der Waals surface area (Å²) in [5.41, 5.74) is 1.11. The molecule has 4 heteroatoms. The van der Waals surface area contributed by atoms with Crippen LogP contribution in [0.15, 0.2) is 24.5 Å². The van der Waals surface area contributed by atoms with Crippen molar-refractivity contribution in [3.8, 4) is 0 Å². The molecule has 0 saturated heterocycles. The van der Waals surface area contributed by atoms with E-state index in [4.69, 9.17) is 4.74 Å². The van der Waals surface area contributed by atoms with Crippen LogP contribution in [0.25, 0.3) is 0 Å². The summed E-state index contributed by atoms with van der Waals surface area (Å²) < 4.78 is 5.36. The van der Waals surface area contributed by atoms with Crippen LogP contribution in [0.5, 0.6) is 0 Å². The third-order valence-electron chi connectivity index (χ3n) is 2.19. The van der Waals surface area contributed by atoms with Gasteiger partial charge in [0.2, 0.25) is 0 Å². The van der Waals surface area contributed by atoms with Gasteiger partial charge in [0.25, 0.3) is 0 Å². The molecule has 0 aliphatic heterocycles. The van der Waals surface area contributed by atoms with E-state index < -0.39 is 6.10 Å². The van der Waals surface area contributed by atoms with Crippen molar-refractivity contribution in [2.45, 2.75) is 26.5 Å². The first-order valence-electron chi connectivity index (χ1n) is 6.04. The third-order valence-corrected chi connectivity index (χ3v) is 2.19. The van der Waals surface area contributed by atoms with Gasteiger partial charge in [0.1, 0.15) is 0 Å². The van der Waals surface area contributed by atoms with E-state index in [-0.39, 0.29) is 0 Å². The van der Waals surface area contributed by atoms with Crippen LogP contribution in [0.3, 0.4) is 0 Å². The van der Waals surface area contributed by atoms with Gasteiger partial charge in [-0.1, -0.05) is 19.9 Å². The SMILES string of the molecule is CC(C)COCC(O)CNCc1cccnc1. The standard InChI is InChI=1S/C13H22N2O2/c1-11(2)9-17-10-13(16)8-15-7-12-4-3-5-14-6-12/h3-6,11,13,15-16H,7-10H2,1-2H3. The number of nitrogens with zero attached hydrogens (tertiary/aromatic N) is 1. The number of hydrogen-bond donors (Lipinski definition) is 2. The maximum atomic E-state index is 9.64. The number of hydrogen-bond acceptors (Lipinski definition) is 4. The van der Waals surface area contributed by atoms with Crippen LogP contribution in [-0.2, 0) is 11.3 Å². The van der Waals surface area contributed by atoms with Crippen molar-refractivity contribution in [1.29, 1.82) is 0 Å². The smallest absolute Gasteiger partial charge is 0.0897 e. The Kier molecular flexibility index (Phi) is 6.77. The Bertz CT molecular complexity index is 291. The molecule has 17 heavy (non-hydrogen) atoms.